The molecule has 0 aliphatic carbocycles. The van der Waals surface area contributed by atoms with Crippen LogP contribution < -0.4 is 5.32 Å². The molecule has 0 fully saturated rings. The van der Waals surface area contributed by atoms with Gasteiger partial charge in [0.15, 0.2) is 0 Å². The summed E-state index contributed by atoms with van der Waals surface area (Å²) in [6.45, 7) is 3.91. The zero-order valence-electron chi connectivity index (χ0n) is 12.0. The second kappa shape index (κ2) is 6.74. The van der Waals surface area contributed by atoms with Crippen molar-refractivity contribution in [2.24, 2.45) is 0 Å². The van der Waals surface area contributed by atoms with E-state index in [2.05, 4.69) is 5.32 Å². The number of carbonyl (C=O) groups is 2. The Morgan fingerprint density at radius 1 is 1.19 bits per heavy atom. The summed E-state index contributed by atoms with van der Waals surface area (Å²) in [5.41, 5.74) is 2.25. The Hall–Kier alpha value is -2.56. The van der Waals surface area contributed by atoms with E-state index in [1.165, 1.54) is 6.92 Å². The molecular formula is C16H17NO4. The fourth-order valence-electron chi connectivity index (χ4n) is 1.77. The number of amides is 1. The molecule has 0 aliphatic rings. The van der Waals surface area contributed by atoms with E-state index in [4.69, 9.17) is 9.15 Å². The largest absolute Gasteiger partial charge is 0.469 e. The SMILES string of the molecule is CC(=O)NCc1ccc(C(=O)OCc2ccoc2C)cc1. The van der Waals surface area contributed by atoms with Crippen molar-refractivity contribution in [2.45, 2.75) is 27.0 Å². The number of carbonyl (C=O) groups excluding carboxylic acids is 2. The van der Waals surface area contributed by atoms with E-state index in [9.17, 15) is 9.59 Å². The number of esters is 1. The summed E-state index contributed by atoms with van der Waals surface area (Å²) in [7, 11) is 0. The number of aryl methyl sites for hydroxylation is 1. The summed E-state index contributed by atoms with van der Waals surface area (Å²) in [6, 6.07) is 8.72. The van der Waals surface area contributed by atoms with Crippen LogP contribution in [-0.4, -0.2) is 11.9 Å². The van der Waals surface area contributed by atoms with Gasteiger partial charge >= 0.3 is 5.97 Å². The first-order valence-electron chi connectivity index (χ1n) is 6.59. The van der Waals surface area contributed by atoms with Gasteiger partial charge in [-0.1, -0.05) is 12.1 Å². The third-order valence-corrected chi connectivity index (χ3v) is 3.06. The number of furan rings is 1. The third kappa shape index (κ3) is 4.21. The molecule has 110 valence electrons. The average molecular weight is 287 g/mol. The molecule has 0 radical (unpaired) electrons. The van der Waals surface area contributed by atoms with E-state index in [0.29, 0.717) is 12.1 Å². The Balaban J connectivity index is 1.90. The lowest BCUT2D eigenvalue weighted by Crippen LogP contribution is -2.18. The molecule has 5 heteroatoms. The lowest BCUT2D eigenvalue weighted by atomic mass is 10.1. The van der Waals surface area contributed by atoms with Crippen LogP contribution >= 0.6 is 0 Å². The normalized spacial score (nSPS) is 10.2. The van der Waals surface area contributed by atoms with E-state index in [1.807, 2.05) is 6.92 Å². The molecule has 1 amide bonds. The van der Waals surface area contributed by atoms with Gasteiger partial charge in [0.1, 0.15) is 12.4 Å². The van der Waals surface area contributed by atoms with E-state index in [0.717, 1.165) is 16.9 Å². The van der Waals surface area contributed by atoms with Gasteiger partial charge in [0.25, 0.3) is 0 Å². The van der Waals surface area contributed by atoms with E-state index in [-0.39, 0.29) is 18.5 Å². The highest BCUT2D eigenvalue weighted by atomic mass is 16.5. The van der Waals surface area contributed by atoms with Gasteiger partial charge in [-0.05, 0) is 30.7 Å². The van der Waals surface area contributed by atoms with Crippen molar-refractivity contribution in [3.63, 3.8) is 0 Å². The minimum absolute atomic E-state index is 0.0889. The van der Waals surface area contributed by atoms with Crippen LogP contribution in [0.15, 0.2) is 41.0 Å². The highest BCUT2D eigenvalue weighted by Gasteiger charge is 2.09. The number of nitrogens with one attached hydrogen (secondary N) is 1. The molecule has 2 rings (SSSR count). The van der Waals surface area contributed by atoms with Crippen molar-refractivity contribution in [1.82, 2.24) is 5.32 Å². The standard InChI is InChI=1S/C16H17NO4/c1-11-15(7-8-20-11)10-21-16(19)14-5-3-13(4-6-14)9-17-12(2)18/h3-8H,9-10H2,1-2H3,(H,17,18). The fourth-order valence-corrected chi connectivity index (χ4v) is 1.77. The Bertz CT molecular complexity index is 628. The molecule has 0 unspecified atom stereocenters. The fraction of sp³-hybridized carbons (Fsp3) is 0.250. The number of rotatable bonds is 5. The molecule has 0 saturated carbocycles. The molecular weight excluding hydrogens is 270 g/mol. The van der Waals surface area contributed by atoms with Gasteiger partial charge in [-0.3, -0.25) is 4.79 Å². The molecule has 2 aromatic rings. The predicted octanol–water partition coefficient (Wildman–Crippen LogP) is 2.58. The van der Waals surface area contributed by atoms with Crippen LogP contribution in [0.2, 0.25) is 0 Å². The first-order valence-corrected chi connectivity index (χ1v) is 6.59. The number of hydrogen-bond acceptors (Lipinski definition) is 4. The second-order valence-electron chi connectivity index (χ2n) is 4.68. The molecule has 0 atom stereocenters. The Morgan fingerprint density at radius 3 is 2.48 bits per heavy atom. The number of ether oxygens (including phenoxy) is 1. The van der Waals surface area contributed by atoms with Gasteiger partial charge in [0, 0.05) is 19.0 Å². The first-order chi connectivity index (χ1) is 10.1. The molecule has 0 bridgehead atoms. The molecule has 1 aromatic carbocycles. The maximum Gasteiger partial charge on any atom is 0.338 e. The zero-order chi connectivity index (χ0) is 15.2. The minimum atomic E-state index is -0.387. The molecule has 0 saturated heterocycles. The minimum Gasteiger partial charge on any atom is -0.469 e. The van der Waals surface area contributed by atoms with Crippen LogP contribution in [0.25, 0.3) is 0 Å². The molecule has 1 aromatic heterocycles. The molecule has 5 nitrogen and oxygen atoms in total. The van der Waals surface area contributed by atoms with Crippen LogP contribution in [0.1, 0.15) is 34.2 Å². The maximum atomic E-state index is 11.9. The first kappa shape index (κ1) is 14.8. The summed E-state index contributed by atoms with van der Waals surface area (Å²) in [5, 5.41) is 2.69. The van der Waals surface area contributed by atoms with Crippen LogP contribution in [-0.2, 0) is 22.7 Å². The highest BCUT2D eigenvalue weighted by molar-refractivity contribution is 5.89. The third-order valence-electron chi connectivity index (χ3n) is 3.06. The van der Waals surface area contributed by atoms with Gasteiger partial charge in [-0.2, -0.15) is 0 Å². The average Bonchev–Trinajstić information content (AvgIpc) is 2.88. The molecule has 0 spiro atoms. The second-order valence-corrected chi connectivity index (χ2v) is 4.68. The number of benzene rings is 1. The predicted molar refractivity (Wildman–Crippen MR) is 76.5 cm³/mol. The van der Waals surface area contributed by atoms with Gasteiger partial charge < -0.3 is 14.5 Å². The molecule has 0 aliphatic heterocycles. The molecule has 1 heterocycles. The summed E-state index contributed by atoms with van der Waals surface area (Å²) >= 11 is 0. The Labute approximate surface area is 122 Å². The smallest absolute Gasteiger partial charge is 0.338 e. The lowest BCUT2D eigenvalue weighted by Gasteiger charge is -2.06. The van der Waals surface area contributed by atoms with E-state index >= 15 is 0 Å². The Morgan fingerprint density at radius 2 is 1.90 bits per heavy atom. The quantitative estimate of drug-likeness (QED) is 0.858. The van der Waals surface area contributed by atoms with Crippen molar-refractivity contribution in [2.75, 3.05) is 0 Å². The van der Waals surface area contributed by atoms with Gasteiger partial charge in [-0.25, -0.2) is 4.79 Å². The zero-order valence-corrected chi connectivity index (χ0v) is 12.0. The van der Waals surface area contributed by atoms with Crippen molar-refractivity contribution in [1.29, 1.82) is 0 Å². The molecule has 21 heavy (non-hydrogen) atoms. The van der Waals surface area contributed by atoms with Crippen molar-refractivity contribution in [3.8, 4) is 0 Å². The van der Waals surface area contributed by atoms with E-state index < -0.39 is 0 Å². The number of hydrogen-bond donors (Lipinski definition) is 1. The summed E-state index contributed by atoms with van der Waals surface area (Å²) in [4.78, 5) is 22.7. The van der Waals surface area contributed by atoms with E-state index in [1.54, 1.807) is 36.6 Å². The monoisotopic (exact) mass is 287 g/mol. The van der Waals surface area contributed by atoms with Crippen LogP contribution in [0.4, 0.5) is 0 Å². The lowest BCUT2D eigenvalue weighted by molar-refractivity contribution is -0.119. The summed E-state index contributed by atoms with van der Waals surface area (Å²) < 4.78 is 10.4. The van der Waals surface area contributed by atoms with Crippen molar-refractivity contribution < 1.29 is 18.7 Å². The summed E-state index contributed by atoms with van der Waals surface area (Å²) in [6.07, 6.45) is 1.56. The Kier molecular flexibility index (Phi) is 4.77. The van der Waals surface area contributed by atoms with Gasteiger partial charge in [0.05, 0.1) is 11.8 Å². The molecule has 1 N–H and O–H groups in total. The van der Waals surface area contributed by atoms with Crippen molar-refractivity contribution in [3.05, 3.63) is 59.0 Å². The highest BCUT2D eigenvalue weighted by Crippen LogP contribution is 2.12. The van der Waals surface area contributed by atoms with Crippen LogP contribution in [0, 0.1) is 6.92 Å². The van der Waals surface area contributed by atoms with Crippen LogP contribution in [0.5, 0.6) is 0 Å². The van der Waals surface area contributed by atoms with Crippen molar-refractivity contribution >= 4 is 11.9 Å². The van der Waals surface area contributed by atoms with Gasteiger partial charge in [-0.15, -0.1) is 0 Å². The topological polar surface area (TPSA) is 68.5 Å². The summed E-state index contributed by atoms with van der Waals surface area (Å²) in [5.74, 6) is 0.268. The van der Waals surface area contributed by atoms with Crippen LogP contribution in [0.3, 0.4) is 0 Å². The van der Waals surface area contributed by atoms with Gasteiger partial charge in [0.2, 0.25) is 5.91 Å². The maximum absolute atomic E-state index is 11.9.